The minimum Gasteiger partial charge on any atom is -0.293 e. The van der Waals surface area contributed by atoms with Gasteiger partial charge >= 0.3 is 0 Å². The smallest absolute Gasteiger partial charge is 0.152 e. The molecule has 0 amide bonds. The first-order valence-electron chi connectivity index (χ1n) is 6.86. The normalized spacial score (nSPS) is 25.9. The Balaban J connectivity index is 2.14. The van der Waals surface area contributed by atoms with Crippen LogP contribution in [0.2, 0.25) is 0 Å². The lowest BCUT2D eigenvalue weighted by molar-refractivity contribution is 0.124. The maximum atomic E-state index is 11.7. The Bertz CT molecular complexity index is 536. The van der Waals surface area contributed by atoms with Crippen LogP contribution in [-0.4, -0.2) is 36.9 Å². The lowest BCUT2D eigenvalue weighted by atomic mass is 9.98. The summed E-state index contributed by atoms with van der Waals surface area (Å²) in [4.78, 5) is 2.29. The average molecular weight is 281 g/mol. The lowest BCUT2D eigenvalue weighted by Crippen LogP contribution is -2.46. The van der Waals surface area contributed by atoms with Crippen LogP contribution in [0.3, 0.4) is 0 Å². The highest BCUT2D eigenvalue weighted by Gasteiger charge is 2.42. The molecule has 1 aromatic rings. The molecule has 1 atom stereocenters. The van der Waals surface area contributed by atoms with Gasteiger partial charge in [-0.15, -0.1) is 0 Å². The van der Waals surface area contributed by atoms with E-state index in [9.17, 15) is 8.42 Å². The number of rotatable bonds is 4. The monoisotopic (exact) mass is 281 g/mol. The molecule has 0 spiro atoms. The fourth-order valence-electron chi connectivity index (χ4n) is 2.84. The molecule has 0 N–H and O–H groups in total. The van der Waals surface area contributed by atoms with Gasteiger partial charge in [-0.05, 0) is 32.4 Å². The van der Waals surface area contributed by atoms with Gasteiger partial charge in [-0.3, -0.25) is 4.90 Å². The third-order valence-corrected chi connectivity index (χ3v) is 6.01. The third-order valence-electron chi connectivity index (χ3n) is 4.12. The molecule has 0 aromatic heterocycles. The van der Waals surface area contributed by atoms with Crippen LogP contribution in [0.5, 0.6) is 0 Å². The molecule has 1 heterocycles. The predicted octanol–water partition coefficient (Wildman–Crippen LogP) is 2.39. The molecule has 1 saturated heterocycles. The number of nitrogens with zero attached hydrogens (tertiary/aromatic N) is 1. The van der Waals surface area contributed by atoms with E-state index in [0.29, 0.717) is 11.5 Å². The van der Waals surface area contributed by atoms with Gasteiger partial charge in [0.1, 0.15) is 0 Å². The standard InChI is InChI=1S/C15H23NO2S/c1-4-16(11-14-7-5-13(2)6-8-14)15(3)9-10-19(17,18)12-15/h5-8H,4,9-12H2,1-3H3/t15-/m0/s1. The minimum absolute atomic E-state index is 0.210. The van der Waals surface area contributed by atoms with Gasteiger partial charge in [0, 0.05) is 12.1 Å². The van der Waals surface area contributed by atoms with Crippen molar-refractivity contribution >= 4 is 9.84 Å². The Labute approximate surface area is 116 Å². The topological polar surface area (TPSA) is 37.4 Å². The third kappa shape index (κ3) is 3.37. The Kier molecular flexibility index (Phi) is 4.02. The zero-order valence-electron chi connectivity index (χ0n) is 12.0. The maximum absolute atomic E-state index is 11.7. The quantitative estimate of drug-likeness (QED) is 0.850. The number of sulfone groups is 1. The molecule has 3 nitrogen and oxygen atoms in total. The first kappa shape index (κ1) is 14.5. The Morgan fingerprint density at radius 1 is 1.26 bits per heavy atom. The first-order valence-corrected chi connectivity index (χ1v) is 8.68. The van der Waals surface area contributed by atoms with Crippen LogP contribution >= 0.6 is 0 Å². The van der Waals surface area contributed by atoms with Crippen LogP contribution in [-0.2, 0) is 16.4 Å². The number of hydrogen-bond acceptors (Lipinski definition) is 3. The highest BCUT2D eigenvalue weighted by Crippen LogP contribution is 2.30. The van der Waals surface area contributed by atoms with Crippen LogP contribution in [0.4, 0.5) is 0 Å². The van der Waals surface area contributed by atoms with Gasteiger partial charge in [0.2, 0.25) is 0 Å². The van der Waals surface area contributed by atoms with Crippen molar-refractivity contribution in [2.75, 3.05) is 18.1 Å². The van der Waals surface area contributed by atoms with Crippen molar-refractivity contribution in [3.8, 4) is 0 Å². The van der Waals surface area contributed by atoms with Crippen LogP contribution in [0, 0.1) is 6.92 Å². The van der Waals surface area contributed by atoms with Crippen molar-refractivity contribution in [1.29, 1.82) is 0 Å². The summed E-state index contributed by atoms with van der Waals surface area (Å²) in [5.41, 5.74) is 2.29. The van der Waals surface area contributed by atoms with E-state index in [2.05, 4.69) is 49.9 Å². The van der Waals surface area contributed by atoms with Gasteiger partial charge in [0.15, 0.2) is 9.84 Å². The number of hydrogen-bond donors (Lipinski definition) is 0. The van der Waals surface area contributed by atoms with Gasteiger partial charge < -0.3 is 0 Å². The van der Waals surface area contributed by atoms with Gasteiger partial charge in [-0.25, -0.2) is 8.42 Å². The second-order valence-electron chi connectivity index (χ2n) is 5.84. The zero-order valence-corrected chi connectivity index (χ0v) is 12.8. The highest BCUT2D eigenvalue weighted by molar-refractivity contribution is 7.91. The summed E-state index contributed by atoms with van der Waals surface area (Å²) < 4.78 is 23.5. The van der Waals surface area contributed by atoms with Gasteiger partial charge in [0.25, 0.3) is 0 Å². The van der Waals surface area contributed by atoms with Crippen LogP contribution in [0.25, 0.3) is 0 Å². The molecule has 2 rings (SSSR count). The maximum Gasteiger partial charge on any atom is 0.152 e. The van der Waals surface area contributed by atoms with Crippen molar-refractivity contribution in [2.45, 2.75) is 39.3 Å². The van der Waals surface area contributed by atoms with E-state index in [-0.39, 0.29) is 5.54 Å². The van der Waals surface area contributed by atoms with E-state index in [0.717, 1.165) is 19.5 Å². The van der Waals surface area contributed by atoms with Gasteiger partial charge in [0.05, 0.1) is 11.5 Å². The fourth-order valence-corrected chi connectivity index (χ4v) is 5.01. The summed E-state index contributed by atoms with van der Waals surface area (Å²) >= 11 is 0. The molecule has 1 aromatic carbocycles. The fraction of sp³-hybridized carbons (Fsp3) is 0.600. The second kappa shape index (κ2) is 5.25. The van der Waals surface area contributed by atoms with Crippen molar-refractivity contribution < 1.29 is 8.42 Å². The second-order valence-corrected chi connectivity index (χ2v) is 8.02. The zero-order chi connectivity index (χ0) is 14.1. The average Bonchev–Trinajstić information content (AvgIpc) is 2.63. The van der Waals surface area contributed by atoms with Crippen LogP contribution in [0.15, 0.2) is 24.3 Å². The lowest BCUT2D eigenvalue weighted by Gasteiger charge is -2.37. The first-order chi connectivity index (χ1) is 8.85. The minimum atomic E-state index is -2.85. The molecule has 0 saturated carbocycles. The van der Waals surface area contributed by atoms with E-state index in [1.165, 1.54) is 11.1 Å². The van der Waals surface area contributed by atoms with Gasteiger partial charge in [-0.2, -0.15) is 0 Å². The van der Waals surface area contributed by atoms with Crippen molar-refractivity contribution in [3.63, 3.8) is 0 Å². The Morgan fingerprint density at radius 3 is 2.37 bits per heavy atom. The Morgan fingerprint density at radius 2 is 1.89 bits per heavy atom. The molecular weight excluding hydrogens is 258 g/mol. The molecule has 0 aliphatic carbocycles. The largest absolute Gasteiger partial charge is 0.293 e. The Hall–Kier alpha value is -0.870. The van der Waals surface area contributed by atoms with Crippen molar-refractivity contribution in [1.82, 2.24) is 4.90 Å². The van der Waals surface area contributed by atoms with E-state index >= 15 is 0 Å². The molecule has 106 valence electrons. The molecule has 4 heteroatoms. The van der Waals surface area contributed by atoms with E-state index in [1.54, 1.807) is 0 Å². The molecule has 1 aliphatic rings. The molecule has 0 bridgehead atoms. The molecule has 0 radical (unpaired) electrons. The molecule has 0 unspecified atom stereocenters. The molecule has 1 aliphatic heterocycles. The van der Waals surface area contributed by atoms with E-state index in [1.807, 2.05) is 0 Å². The van der Waals surface area contributed by atoms with Crippen LogP contribution < -0.4 is 0 Å². The summed E-state index contributed by atoms with van der Waals surface area (Å²) in [6, 6.07) is 8.48. The molecule has 1 fully saturated rings. The summed E-state index contributed by atoms with van der Waals surface area (Å²) in [7, 11) is -2.85. The van der Waals surface area contributed by atoms with E-state index < -0.39 is 9.84 Å². The van der Waals surface area contributed by atoms with Crippen molar-refractivity contribution in [2.24, 2.45) is 0 Å². The SMILES string of the molecule is CCN(Cc1ccc(C)cc1)[C@@]1(C)CCS(=O)(=O)C1. The van der Waals surface area contributed by atoms with Crippen molar-refractivity contribution in [3.05, 3.63) is 35.4 Å². The van der Waals surface area contributed by atoms with E-state index in [4.69, 9.17) is 0 Å². The predicted molar refractivity (Wildman–Crippen MR) is 78.9 cm³/mol. The molecular formula is C15H23NO2S. The summed E-state index contributed by atoms with van der Waals surface area (Å²) in [6.07, 6.45) is 0.745. The molecule has 19 heavy (non-hydrogen) atoms. The van der Waals surface area contributed by atoms with Crippen LogP contribution in [0.1, 0.15) is 31.4 Å². The summed E-state index contributed by atoms with van der Waals surface area (Å²) in [6.45, 7) is 7.95. The summed E-state index contributed by atoms with van der Waals surface area (Å²) in [5, 5.41) is 0. The van der Waals surface area contributed by atoms with Gasteiger partial charge in [-0.1, -0.05) is 36.8 Å². The number of benzene rings is 1. The highest BCUT2D eigenvalue weighted by atomic mass is 32.2. The number of aryl methyl sites for hydroxylation is 1. The summed E-state index contributed by atoms with van der Waals surface area (Å²) in [5.74, 6) is 0.619.